The lowest BCUT2D eigenvalue weighted by Gasteiger charge is -2.09. The van der Waals surface area contributed by atoms with Crippen LogP contribution < -0.4 is 4.72 Å². The summed E-state index contributed by atoms with van der Waals surface area (Å²) in [5, 5.41) is -0.349. The van der Waals surface area contributed by atoms with Gasteiger partial charge in [0.25, 0.3) is 5.91 Å². The quantitative estimate of drug-likeness (QED) is 0.813. The molecule has 86 valence electrons. The summed E-state index contributed by atoms with van der Waals surface area (Å²) >= 11 is 3.02. The number of carbonyl (C=O) groups is 1. The molecule has 2 unspecified atom stereocenters. The average Bonchev–Trinajstić information content (AvgIpc) is 2.68. The molecule has 15 heavy (non-hydrogen) atoms. The average molecular weight is 267 g/mol. The van der Waals surface area contributed by atoms with Crippen molar-refractivity contribution in [1.29, 1.82) is 0 Å². The molecule has 0 aromatic carbocycles. The van der Waals surface area contributed by atoms with Crippen molar-refractivity contribution < 1.29 is 13.2 Å². The number of sulfonamides is 1. The first-order valence-corrected chi connectivity index (χ1v) is 8.44. The SMILES string of the molecule is CC1CC1S(=O)(=O)NC(=O)C1SCCS1. The molecule has 1 aliphatic heterocycles. The third-order valence-corrected chi connectivity index (χ3v) is 7.44. The topological polar surface area (TPSA) is 63.2 Å². The van der Waals surface area contributed by atoms with Gasteiger partial charge in [0.2, 0.25) is 10.0 Å². The molecule has 1 saturated carbocycles. The zero-order valence-electron chi connectivity index (χ0n) is 8.30. The molecular weight excluding hydrogens is 254 g/mol. The standard InChI is InChI=1S/C8H13NO3S3/c1-5-4-6(5)15(11,12)9-7(10)8-13-2-3-14-8/h5-6,8H,2-4H2,1H3,(H,9,10). The zero-order valence-corrected chi connectivity index (χ0v) is 10.8. The first-order valence-electron chi connectivity index (χ1n) is 4.79. The van der Waals surface area contributed by atoms with Crippen LogP contribution in [0.1, 0.15) is 13.3 Å². The van der Waals surface area contributed by atoms with E-state index in [0.29, 0.717) is 6.42 Å². The van der Waals surface area contributed by atoms with Gasteiger partial charge in [0.05, 0.1) is 5.25 Å². The molecule has 2 aliphatic rings. The lowest BCUT2D eigenvalue weighted by molar-refractivity contribution is -0.117. The number of rotatable bonds is 3. The number of amides is 1. The molecule has 0 spiro atoms. The smallest absolute Gasteiger partial charge is 0.256 e. The first kappa shape index (κ1) is 11.6. The summed E-state index contributed by atoms with van der Waals surface area (Å²) in [5.74, 6) is 1.67. The molecule has 0 radical (unpaired) electrons. The van der Waals surface area contributed by atoms with Gasteiger partial charge in [0.15, 0.2) is 0 Å². The highest BCUT2D eigenvalue weighted by Gasteiger charge is 2.45. The van der Waals surface area contributed by atoms with Crippen LogP contribution in [0.4, 0.5) is 0 Å². The Hall–Kier alpha value is 0.120. The van der Waals surface area contributed by atoms with Gasteiger partial charge >= 0.3 is 0 Å². The zero-order chi connectivity index (χ0) is 11.1. The molecule has 2 atom stereocenters. The van der Waals surface area contributed by atoms with E-state index in [0.717, 1.165) is 11.5 Å². The van der Waals surface area contributed by atoms with Crippen molar-refractivity contribution in [3.63, 3.8) is 0 Å². The van der Waals surface area contributed by atoms with Crippen LogP contribution in [-0.2, 0) is 14.8 Å². The van der Waals surface area contributed by atoms with E-state index in [2.05, 4.69) is 4.72 Å². The lowest BCUT2D eigenvalue weighted by Crippen LogP contribution is -2.37. The van der Waals surface area contributed by atoms with E-state index in [1.165, 1.54) is 23.5 Å². The van der Waals surface area contributed by atoms with E-state index in [1.54, 1.807) is 0 Å². The van der Waals surface area contributed by atoms with Crippen molar-refractivity contribution in [2.45, 2.75) is 23.2 Å². The number of carbonyl (C=O) groups excluding carboxylic acids is 1. The van der Waals surface area contributed by atoms with Gasteiger partial charge in [-0.2, -0.15) is 0 Å². The predicted molar refractivity (Wildman–Crippen MR) is 63.3 cm³/mol. The fraction of sp³-hybridized carbons (Fsp3) is 0.875. The summed E-state index contributed by atoms with van der Waals surface area (Å²) in [4.78, 5) is 11.6. The second kappa shape index (κ2) is 4.18. The minimum absolute atomic E-state index is 0.194. The number of thioether (sulfide) groups is 2. The first-order chi connectivity index (χ1) is 7.00. The molecular formula is C8H13NO3S3. The van der Waals surface area contributed by atoms with E-state index in [9.17, 15) is 13.2 Å². The molecule has 2 rings (SSSR count). The summed E-state index contributed by atoms with van der Waals surface area (Å²) in [6, 6.07) is 0. The molecule has 1 heterocycles. The van der Waals surface area contributed by atoms with Gasteiger partial charge < -0.3 is 0 Å². The summed E-state index contributed by atoms with van der Waals surface area (Å²) in [6.45, 7) is 1.88. The Morgan fingerprint density at radius 1 is 1.33 bits per heavy atom. The molecule has 4 nitrogen and oxygen atoms in total. The highest BCUT2D eigenvalue weighted by Crippen LogP contribution is 2.37. The van der Waals surface area contributed by atoms with Crippen molar-refractivity contribution >= 4 is 39.5 Å². The minimum Gasteiger partial charge on any atom is -0.272 e. The number of hydrogen-bond acceptors (Lipinski definition) is 5. The van der Waals surface area contributed by atoms with Crippen molar-refractivity contribution in [3.05, 3.63) is 0 Å². The highest BCUT2D eigenvalue weighted by molar-refractivity contribution is 8.21. The van der Waals surface area contributed by atoms with E-state index < -0.39 is 10.0 Å². The maximum Gasteiger partial charge on any atom is 0.256 e. The molecule has 0 aromatic heterocycles. The second-order valence-corrected chi connectivity index (χ2v) is 8.46. The Morgan fingerprint density at radius 3 is 2.33 bits per heavy atom. The number of hydrogen-bond donors (Lipinski definition) is 1. The monoisotopic (exact) mass is 267 g/mol. The van der Waals surface area contributed by atoms with Gasteiger partial charge in [-0.15, -0.1) is 23.5 Å². The molecule has 1 amide bonds. The van der Waals surface area contributed by atoms with Crippen LogP contribution in [-0.4, -0.2) is 35.7 Å². The van der Waals surface area contributed by atoms with Crippen LogP contribution >= 0.6 is 23.5 Å². The molecule has 1 aliphatic carbocycles. The van der Waals surface area contributed by atoms with Crippen molar-refractivity contribution in [3.8, 4) is 0 Å². The van der Waals surface area contributed by atoms with Gasteiger partial charge in [0.1, 0.15) is 4.58 Å². The highest BCUT2D eigenvalue weighted by atomic mass is 32.2. The Labute approximate surface area is 98.0 Å². The van der Waals surface area contributed by atoms with Crippen molar-refractivity contribution in [2.24, 2.45) is 5.92 Å². The van der Waals surface area contributed by atoms with Crippen LogP contribution in [0.25, 0.3) is 0 Å². The summed E-state index contributed by atoms with van der Waals surface area (Å²) < 4.78 is 25.2. The van der Waals surface area contributed by atoms with E-state index >= 15 is 0 Å². The van der Waals surface area contributed by atoms with Crippen LogP contribution in [0.15, 0.2) is 0 Å². The van der Waals surface area contributed by atoms with Crippen LogP contribution in [0.3, 0.4) is 0 Å². The molecule has 7 heteroatoms. The molecule has 0 bridgehead atoms. The third kappa shape index (κ3) is 2.62. The maximum atomic E-state index is 11.6. The van der Waals surface area contributed by atoms with Crippen LogP contribution in [0.5, 0.6) is 0 Å². The molecule has 2 fully saturated rings. The number of nitrogens with one attached hydrogen (secondary N) is 1. The van der Waals surface area contributed by atoms with Gasteiger partial charge in [-0.3, -0.25) is 9.52 Å². The Balaban J connectivity index is 1.93. The van der Waals surface area contributed by atoms with Gasteiger partial charge in [-0.25, -0.2) is 8.42 Å². The van der Waals surface area contributed by atoms with E-state index in [1.807, 2.05) is 6.92 Å². The second-order valence-electron chi connectivity index (χ2n) is 3.84. The van der Waals surface area contributed by atoms with E-state index in [-0.39, 0.29) is 21.7 Å². The molecule has 1 N–H and O–H groups in total. The van der Waals surface area contributed by atoms with Crippen LogP contribution in [0, 0.1) is 5.92 Å². The largest absolute Gasteiger partial charge is 0.272 e. The third-order valence-electron chi connectivity index (χ3n) is 2.51. The molecule has 0 aromatic rings. The lowest BCUT2D eigenvalue weighted by atomic mass is 10.5. The summed E-state index contributed by atoms with van der Waals surface area (Å²) in [5.41, 5.74) is 0. The fourth-order valence-corrected chi connectivity index (χ4v) is 5.94. The Kier molecular flexibility index (Phi) is 3.23. The normalized spacial score (nSPS) is 31.5. The minimum atomic E-state index is -3.40. The van der Waals surface area contributed by atoms with Crippen LogP contribution in [0.2, 0.25) is 0 Å². The Morgan fingerprint density at radius 2 is 1.87 bits per heavy atom. The predicted octanol–water partition coefficient (Wildman–Crippen LogP) is 0.647. The summed E-state index contributed by atoms with van der Waals surface area (Å²) in [6.07, 6.45) is 0.674. The maximum absolute atomic E-state index is 11.6. The Bertz CT molecular complexity index is 361. The van der Waals surface area contributed by atoms with Gasteiger partial charge in [-0.05, 0) is 12.3 Å². The van der Waals surface area contributed by atoms with E-state index in [4.69, 9.17) is 0 Å². The van der Waals surface area contributed by atoms with Gasteiger partial charge in [-0.1, -0.05) is 6.92 Å². The fourth-order valence-electron chi connectivity index (χ4n) is 1.49. The summed E-state index contributed by atoms with van der Waals surface area (Å²) in [7, 11) is -3.40. The van der Waals surface area contributed by atoms with Gasteiger partial charge in [0, 0.05) is 11.5 Å². The van der Waals surface area contributed by atoms with Crippen molar-refractivity contribution in [1.82, 2.24) is 4.72 Å². The van der Waals surface area contributed by atoms with Crippen molar-refractivity contribution in [2.75, 3.05) is 11.5 Å². The molecule has 1 saturated heterocycles.